The van der Waals surface area contributed by atoms with Gasteiger partial charge in [-0.25, -0.2) is 4.79 Å². The van der Waals surface area contributed by atoms with Crippen molar-refractivity contribution in [2.75, 3.05) is 6.61 Å². The van der Waals surface area contributed by atoms with E-state index in [0.717, 1.165) is 0 Å². The van der Waals surface area contributed by atoms with Crippen LogP contribution in [0.4, 0.5) is 0 Å². The zero-order valence-corrected chi connectivity index (χ0v) is 15.1. The second kappa shape index (κ2) is 8.22. The summed E-state index contributed by atoms with van der Waals surface area (Å²) in [7, 11) is -2.79. The van der Waals surface area contributed by atoms with Gasteiger partial charge in [-0.05, 0) is 38.1 Å². The van der Waals surface area contributed by atoms with Gasteiger partial charge in [0.25, 0.3) is 8.32 Å². The fraction of sp³-hybridized carbons (Fsp3) is 0.471. The van der Waals surface area contributed by atoms with Crippen molar-refractivity contribution < 1.29 is 23.9 Å². The van der Waals surface area contributed by atoms with E-state index in [4.69, 9.17) is 9.16 Å². The number of aliphatic hydroxyl groups is 1. The smallest absolute Gasteiger partial charge is 0.267 e. The zero-order valence-electron chi connectivity index (χ0n) is 14.1. The number of ether oxygens (including phenoxy) is 1. The maximum absolute atomic E-state index is 12.0. The van der Waals surface area contributed by atoms with Crippen LogP contribution < -0.4 is 4.74 Å². The molecule has 1 rings (SSSR count). The van der Waals surface area contributed by atoms with Gasteiger partial charge in [-0.15, -0.1) is 0 Å². The minimum Gasteiger partial charge on any atom is -0.488 e. The third-order valence-corrected chi connectivity index (χ3v) is 8.34. The first-order valence-electron chi connectivity index (χ1n) is 7.67. The van der Waals surface area contributed by atoms with Crippen molar-refractivity contribution in [2.24, 2.45) is 0 Å². The summed E-state index contributed by atoms with van der Waals surface area (Å²) in [4.78, 5) is 23.2. The van der Waals surface area contributed by atoms with Gasteiger partial charge >= 0.3 is 0 Å². The van der Waals surface area contributed by atoms with Gasteiger partial charge in [0.05, 0.1) is 0 Å². The molecular formula is C17H24O5Si. The van der Waals surface area contributed by atoms with Crippen molar-refractivity contribution >= 4 is 19.7 Å². The molecule has 5 nitrogen and oxygen atoms in total. The number of hydrogen-bond donors (Lipinski definition) is 1. The van der Waals surface area contributed by atoms with Crippen molar-refractivity contribution in [3.63, 3.8) is 0 Å². The van der Waals surface area contributed by atoms with Crippen molar-refractivity contribution in [1.29, 1.82) is 0 Å². The van der Waals surface area contributed by atoms with Gasteiger partial charge in [0, 0.05) is 0 Å². The molecule has 0 saturated carbocycles. The Morgan fingerprint density at radius 2 is 1.83 bits per heavy atom. The van der Waals surface area contributed by atoms with Gasteiger partial charge in [-0.1, -0.05) is 32.0 Å². The molecule has 0 bridgehead atoms. The predicted octanol–water partition coefficient (Wildman–Crippen LogP) is 2.66. The summed E-state index contributed by atoms with van der Waals surface area (Å²) in [5, 5.41) is 10.5. The molecule has 0 fully saturated rings. The molecular weight excluding hydrogens is 312 g/mol. The molecule has 0 aliphatic rings. The summed E-state index contributed by atoms with van der Waals surface area (Å²) >= 11 is 0. The van der Waals surface area contributed by atoms with E-state index in [9.17, 15) is 14.7 Å². The number of benzene rings is 1. The molecule has 126 valence electrons. The average molecular weight is 336 g/mol. The van der Waals surface area contributed by atoms with Gasteiger partial charge in [0.15, 0.2) is 5.79 Å². The zero-order chi connectivity index (χ0) is 17.5. The lowest BCUT2D eigenvalue weighted by Crippen LogP contribution is -2.53. The van der Waals surface area contributed by atoms with Crippen LogP contribution in [-0.2, 0) is 14.0 Å². The summed E-state index contributed by atoms with van der Waals surface area (Å²) in [5.74, 6) is 0.392. The maximum Gasteiger partial charge on any atom is 0.267 e. The highest BCUT2D eigenvalue weighted by atomic mass is 28.4. The van der Waals surface area contributed by atoms with Crippen molar-refractivity contribution in [2.45, 2.75) is 45.6 Å². The van der Waals surface area contributed by atoms with E-state index in [-0.39, 0.29) is 17.6 Å². The molecule has 0 aromatic heterocycles. The molecule has 6 heteroatoms. The number of hydrogen-bond acceptors (Lipinski definition) is 5. The van der Waals surface area contributed by atoms with Crippen LogP contribution in [0.1, 0.15) is 27.7 Å². The van der Waals surface area contributed by atoms with Gasteiger partial charge < -0.3 is 19.1 Å². The average Bonchev–Trinajstić information content (AvgIpc) is 2.53. The lowest BCUT2D eigenvalue weighted by atomic mass is 10.1. The Kier molecular flexibility index (Phi) is 6.91. The Balaban J connectivity index is 2.90. The third kappa shape index (κ3) is 4.87. The van der Waals surface area contributed by atoms with Crippen LogP contribution in [-0.4, -0.2) is 37.2 Å². The van der Waals surface area contributed by atoms with Crippen molar-refractivity contribution in [1.82, 2.24) is 0 Å². The summed E-state index contributed by atoms with van der Waals surface area (Å²) in [6, 6.07) is 9.99. The Hall–Kier alpha value is -1.72. The quantitative estimate of drug-likeness (QED) is 0.426. The number of para-hydroxylation sites is 1. The van der Waals surface area contributed by atoms with Crippen LogP contribution in [0, 0.1) is 0 Å². The second-order valence-electron chi connectivity index (χ2n) is 5.52. The van der Waals surface area contributed by atoms with Crippen LogP contribution in [0.15, 0.2) is 35.9 Å². The second-order valence-corrected chi connectivity index (χ2v) is 9.84. The lowest BCUT2D eigenvalue weighted by Gasteiger charge is -2.35. The fourth-order valence-electron chi connectivity index (χ4n) is 2.34. The maximum atomic E-state index is 12.0. The van der Waals surface area contributed by atoms with Gasteiger partial charge in [0.1, 0.15) is 29.3 Å². The molecule has 0 saturated heterocycles. The van der Waals surface area contributed by atoms with E-state index >= 15 is 0 Å². The van der Waals surface area contributed by atoms with Gasteiger partial charge in [0.2, 0.25) is 0 Å². The minimum absolute atomic E-state index is 0.0583. The van der Waals surface area contributed by atoms with Gasteiger partial charge in [-0.3, -0.25) is 0 Å². The summed E-state index contributed by atoms with van der Waals surface area (Å²) in [6.45, 7) is 6.39. The van der Waals surface area contributed by atoms with Crippen LogP contribution in [0.3, 0.4) is 0 Å². The first-order chi connectivity index (χ1) is 10.8. The Labute approximate surface area is 138 Å². The molecule has 0 radical (unpaired) electrons. The first kappa shape index (κ1) is 19.3. The molecule has 0 amide bonds. The fourth-order valence-corrected chi connectivity index (χ4v) is 5.15. The van der Waals surface area contributed by atoms with Crippen LogP contribution in [0.2, 0.25) is 12.1 Å². The SMILES string of the molecule is CC[Si](CC)(OC(C)(O)C(=C=O)COc1ccccc1)C(C)=O. The molecule has 1 N–H and O–H groups in total. The first-order valence-corrected chi connectivity index (χ1v) is 9.99. The van der Waals surface area contributed by atoms with E-state index in [0.29, 0.717) is 17.8 Å². The van der Waals surface area contributed by atoms with Crippen LogP contribution in [0.25, 0.3) is 0 Å². The van der Waals surface area contributed by atoms with Crippen molar-refractivity contribution in [3.05, 3.63) is 35.9 Å². The van der Waals surface area contributed by atoms with E-state index in [1.54, 1.807) is 30.2 Å². The predicted molar refractivity (Wildman–Crippen MR) is 90.2 cm³/mol. The summed E-state index contributed by atoms with van der Waals surface area (Å²) in [6.07, 6.45) is 0. The normalized spacial score (nSPS) is 13.8. The Bertz CT molecular complexity index is 572. The molecule has 1 aromatic rings. The largest absolute Gasteiger partial charge is 0.488 e. The van der Waals surface area contributed by atoms with Crippen molar-refractivity contribution in [3.8, 4) is 5.75 Å². The number of rotatable bonds is 9. The third-order valence-electron chi connectivity index (χ3n) is 3.99. The number of carbonyl (C=O) groups is 1. The van der Waals surface area contributed by atoms with E-state index in [2.05, 4.69) is 0 Å². The molecule has 0 aliphatic carbocycles. The summed E-state index contributed by atoms with van der Waals surface area (Å²) in [5.41, 5.74) is -0.0682. The molecule has 0 aliphatic heterocycles. The Morgan fingerprint density at radius 3 is 2.26 bits per heavy atom. The molecule has 1 atom stereocenters. The van der Waals surface area contributed by atoms with Crippen LogP contribution in [0.5, 0.6) is 5.75 Å². The monoisotopic (exact) mass is 336 g/mol. The highest BCUT2D eigenvalue weighted by Crippen LogP contribution is 2.28. The van der Waals surface area contributed by atoms with Crippen LogP contribution >= 0.6 is 0 Å². The molecule has 0 spiro atoms. The Morgan fingerprint density at radius 1 is 1.26 bits per heavy atom. The summed E-state index contributed by atoms with van der Waals surface area (Å²) < 4.78 is 11.3. The molecule has 23 heavy (non-hydrogen) atoms. The molecule has 1 aromatic carbocycles. The minimum atomic E-state index is -2.79. The van der Waals surface area contributed by atoms with Gasteiger partial charge in [-0.2, -0.15) is 0 Å². The van der Waals surface area contributed by atoms with E-state index in [1.807, 2.05) is 19.9 Å². The highest BCUT2D eigenvalue weighted by Gasteiger charge is 2.45. The van der Waals surface area contributed by atoms with E-state index in [1.165, 1.54) is 13.8 Å². The van der Waals surface area contributed by atoms with E-state index < -0.39 is 14.1 Å². The highest BCUT2D eigenvalue weighted by molar-refractivity contribution is 7.01. The lowest BCUT2D eigenvalue weighted by molar-refractivity contribution is -0.122. The standard InChI is InChI=1S/C17H24O5Si/c1-5-23(6-2,14(3)19)22-17(4,20)15(12-18)13-21-16-10-8-7-9-11-16/h7-11,20H,5-6,13H2,1-4H3. The molecule has 0 heterocycles. The topological polar surface area (TPSA) is 72.8 Å². The molecule has 1 unspecified atom stereocenters. The number of carbonyl (C=O) groups excluding carboxylic acids is 2.